The van der Waals surface area contributed by atoms with Gasteiger partial charge in [-0.3, -0.25) is 0 Å². The largest absolute Gasteiger partial charge is 0.399 e. The quantitative estimate of drug-likeness (QED) is 0.768. The fraction of sp³-hybridized carbons (Fsp3) is 0. The SMILES string of the molecule is Nc1ccc2c(c1)=CC1=C(c3ccccc3)N=NC=21. The molecule has 0 unspecified atom stereocenters. The summed E-state index contributed by atoms with van der Waals surface area (Å²) in [5.41, 5.74) is 10.7. The minimum atomic E-state index is 0.773. The molecule has 2 aliphatic rings. The minimum absolute atomic E-state index is 0.773. The zero-order valence-electron chi connectivity index (χ0n) is 10.2. The average Bonchev–Trinajstić information content (AvgIpc) is 2.97. The van der Waals surface area contributed by atoms with E-state index in [1.165, 1.54) is 0 Å². The van der Waals surface area contributed by atoms with Crippen LogP contribution in [0.25, 0.3) is 17.5 Å². The summed E-state index contributed by atoms with van der Waals surface area (Å²) in [5, 5.41) is 10.9. The first-order valence-electron chi connectivity index (χ1n) is 6.16. The highest BCUT2D eigenvalue weighted by atomic mass is 15.1. The highest BCUT2D eigenvalue weighted by molar-refractivity contribution is 5.95. The van der Waals surface area contributed by atoms with Crippen LogP contribution in [0.5, 0.6) is 0 Å². The third-order valence-electron chi connectivity index (χ3n) is 3.44. The summed E-state index contributed by atoms with van der Waals surface area (Å²) in [6, 6.07) is 16.0. The highest BCUT2D eigenvalue weighted by Crippen LogP contribution is 2.34. The van der Waals surface area contributed by atoms with Crippen LogP contribution in [0.1, 0.15) is 5.56 Å². The second kappa shape index (κ2) is 3.65. The van der Waals surface area contributed by atoms with Crippen molar-refractivity contribution in [3.63, 3.8) is 0 Å². The second-order valence-corrected chi connectivity index (χ2v) is 4.67. The monoisotopic (exact) mass is 245 g/mol. The number of anilines is 1. The lowest BCUT2D eigenvalue weighted by Gasteiger charge is -1.98. The predicted octanol–water partition coefficient (Wildman–Crippen LogP) is 2.05. The third-order valence-corrected chi connectivity index (χ3v) is 3.44. The van der Waals surface area contributed by atoms with Gasteiger partial charge in [-0.2, -0.15) is 0 Å². The molecule has 2 aromatic rings. The fourth-order valence-corrected chi connectivity index (χ4v) is 2.54. The molecule has 0 fully saturated rings. The molecule has 1 aliphatic carbocycles. The standard InChI is InChI=1S/C16H11N3/c17-12-6-7-13-11(8-12)9-14-15(18-19-16(13)14)10-4-2-1-3-5-10/h1-9H,17H2. The first kappa shape index (κ1) is 10.3. The van der Waals surface area contributed by atoms with Crippen molar-refractivity contribution in [2.24, 2.45) is 10.2 Å². The van der Waals surface area contributed by atoms with Crippen molar-refractivity contribution in [1.29, 1.82) is 0 Å². The molecular weight excluding hydrogens is 234 g/mol. The van der Waals surface area contributed by atoms with Gasteiger partial charge < -0.3 is 5.73 Å². The summed E-state index contributed by atoms with van der Waals surface area (Å²) in [6.07, 6.45) is 2.11. The van der Waals surface area contributed by atoms with Gasteiger partial charge in [-0.15, -0.1) is 10.2 Å². The number of azo groups is 1. The number of rotatable bonds is 1. The van der Waals surface area contributed by atoms with Gasteiger partial charge >= 0.3 is 0 Å². The molecule has 1 aliphatic heterocycles. The zero-order chi connectivity index (χ0) is 12.8. The molecule has 2 N–H and O–H groups in total. The van der Waals surface area contributed by atoms with E-state index in [9.17, 15) is 0 Å². The number of nitrogens with two attached hydrogens (primary N) is 1. The predicted molar refractivity (Wildman–Crippen MR) is 76.2 cm³/mol. The van der Waals surface area contributed by atoms with E-state index in [0.717, 1.165) is 38.7 Å². The molecule has 0 spiro atoms. The molecule has 0 bridgehead atoms. The maximum Gasteiger partial charge on any atom is 0.103 e. The van der Waals surface area contributed by atoms with Crippen molar-refractivity contribution in [2.45, 2.75) is 0 Å². The Kier molecular flexibility index (Phi) is 1.97. The van der Waals surface area contributed by atoms with Gasteiger partial charge in [0.25, 0.3) is 0 Å². The molecule has 0 radical (unpaired) electrons. The van der Waals surface area contributed by atoms with E-state index >= 15 is 0 Å². The van der Waals surface area contributed by atoms with E-state index < -0.39 is 0 Å². The summed E-state index contributed by atoms with van der Waals surface area (Å²) >= 11 is 0. The van der Waals surface area contributed by atoms with Gasteiger partial charge in [0.1, 0.15) is 11.4 Å². The van der Waals surface area contributed by atoms with Crippen LogP contribution in [-0.4, -0.2) is 0 Å². The van der Waals surface area contributed by atoms with Gasteiger partial charge in [0.2, 0.25) is 0 Å². The van der Waals surface area contributed by atoms with Crippen molar-refractivity contribution in [3.8, 4) is 0 Å². The maximum atomic E-state index is 5.83. The Hall–Kier alpha value is -2.68. The van der Waals surface area contributed by atoms with Crippen molar-refractivity contribution in [3.05, 3.63) is 70.1 Å². The molecular formula is C16H11N3. The van der Waals surface area contributed by atoms with Gasteiger partial charge in [-0.1, -0.05) is 36.4 Å². The van der Waals surface area contributed by atoms with Crippen molar-refractivity contribution >= 4 is 23.2 Å². The van der Waals surface area contributed by atoms with Crippen LogP contribution in [0.2, 0.25) is 0 Å². The Morgan fingerprint density at radius 3 is 2.47 bits per heavy atom. The van der Waals surface area contributed by atoms with Gasteiger partial charge in [0.05, 0.1) is 0 Å². The number of nitrogen functional groups attached to an aromatic ring is 1. The fourth-order valence-electron chi connectivity index (χ4n) is 2.54. The zero-order valence-corrected chi connectivity index (χ0v) is 10.2. The summed E-state index contributed by atoms with van der Waals surface area (Å²) in [5.74, 6) is 0. The lowest BCUT2D eigenvalue weighted by molar-refractivity contribution is 1.30. The number of benzene rings is 2. The van der Waals surface area contributed by atoms with E-state index in [1.807, 2.05) is 36.4 Å². The molecule has 0 saturated heterocycles. The summed E-state index contributed by atoms with van der Waals surface area (Å²) in [4.78, 5) is 0. The number of hydrogen-bond donors (Lipinski definition) is 1. The summed E-state index contributed by atoms with van der Waals surface area (Å²) in [6.45, 7) is 0. The maximum absolute atomic E-state index is 5.83. The minimum Gasteiger partial charge on any atom is -0.399 e. The Morgan fingerprint density at radius 1 is 0.842 bits per heavy atom. The normalized spacial score (nSPS) is 15.5. The average molecular weight is 245 g/mol. The Morgan fingerprint density at radius 2 is 1.63 bits per heavy atom. The molecule has 0 aromatic heterocycles. The van der Waals surface area contributed by atoms with E-state index in [1.54, 1.807) is 0 Å². The lowest BCUT2D eigenvalue weighted by Crippen LogP contribution is -2.22. The van der Waals surface area contributed by atoms with Crippen LogP contribution in [0, 0.1) is 0 Å². The van der Waals surface area contributed by atoms with Crippen molar-refractivity contribution < 1.29 is 0 Å². The first-order chi connectivity index (χ1) is 9.33. The molecule has 90 valence electrons. The molecule has 3 nitrogen and oxygen atoms in total. The van der Waals surface area contributed by atoms with Gasteiger partial charge in [-0.25, -0.2) is 0 Å². The molecule has 0 saturated carbocycles. The van der Waals surface area contributed by atoms with Gasteiger partial charge in [0, 0.05) is 22.0 Å². The third kappa shape index (κ3) is 1.45. The van der Waals surface area contributed by atoms with Crippen molar-refractivity contribution in [1.82, 2.24) is 0 Å². The molecule has 3 heteroatoms. The van der Waals surface area contributed by atoms with E-state index in [-0.39, 0.29) is 0 Å². The lowest BCUT2D eigenvalue weighted by atomic mass is 10.1. The molecule has 2 aromatic carbocycles. The number of fused-ring (bicyclic) bond motifs is 2. The Labute approximate surface area is 110 Å². The van der Waals surface area contributed by atoms with E-state index in [0.29, 0.717) is 0 Å². The van der Waals surface area contributed by atoms with Gasteiger partial charge in [0.15, 0.2) is 0 Å². The molecule has 0 atom stereocenters. The van der Waals surface area contributed by atoms with Crippen molar-refractivity contribution in [2.75, 3.05) is 5.73 Å². The first-order valence-corrected chi connectivity index (χ1v) is 6.16. The number of hydrogen-bond acceptors (Lipinski definition) is 3. The molecule has 4 rings (SSSR count). The Bertz CT molecular complexity index is 859. The van der Waals surface area contributed by atoms with E-state index in [2.05, 4.69) is 28.4 Å². The van der Waals surface area contributed by atoms with Crippen LogP contribution in [0.15, 0.2) is 64.3 Å². The van der Waals surface area contributed by atoms with Crippen LogP contribution in [0.3, 0.4) is 0 Å². The smallest absolute Gasteiger partial charge is 0.103 e. The number of nitrogens with zero attached hydrogens (tertiary/aromatic N) is 2. The summed E-state index contributed by atoms with van der Waals surface area (Å²) < 4.78 is 0. The van der Waals surface area contributed by atoms with Crippen LogP contribution in [-0.2, 0) is 0 Å². The molecule has 0 amide bonds. The Balaban J connectivity index is 2.02. The summed E-state index contributed by atoms with van der Waals surface area (Å²) in [7, 11) is 0. The molecule has 1 heterocycles. The highest BCUT2D eigenvalue weighted by Gasteiger charge is 2.21. The van der Waals surface area contributed by atoms with Crippen LogP contribution < -0.4 is 16.2 Å². The molecule has 19 heavy (non-hydrogen) atoms. The van der Waals surface area contributed by atoms with Crippen LogP contribution >= 0.6 is 0 Å². The topological polar surface area (TPSA) is 50.7 Å². The van der Waals surface area contributed by atoms with Gasteiger partial charge in [-0.05, 0) is 23.4 Å². The van der Waals surface area contributed by atoms with Crippen LogP contribution in [0.4, 0.5) is 5.69 Å². The second-order valence-electron chi connectivity index (χ2n) is 4.67. The van der Waals surface area contributed by atoms with E-state index in [4.69, 9.17) is 5.73 Å².